The molecule has 10 rings (SSSR count). The number of thiophene rings is 1. The molecule has 0 unspecified atom stereocenters. The van der Waals surface area contributed by atoms with Crippen molar-refractivity contribution in [3.8, 4) is 11.1 Å². The fourth-order valence-corrected chi connectivity index (χ4v) is 8.72. The lowest BCUT2D eigenvalue weighted by Gasteiger charge is -2.26. The van der Waals surface area contributed by atoms with E-state index in [1.165, 1.54) is 74.4 Å². The Morgan fingerprint density at radius 1 is 0.333 bits per heavy atom. The first-order valence-electron chi connectivity index (χ1n) is 16.4. The molecule has 224 valence electrons. The molecule has 1 nitrogen and oxygen atoms in total. The summed E-state index contributed by atoms with van der Waals surface area (Å²) in [5.74, 6) is 0. The van der Waals surface area contributed by atoms with Crippen LogP contribution in [0.15, 0.2) is 176 Å². The van der Waals surface area contributed by atoms with Crippen molar-refractivity contribution in [2.75, 3.05) is 4.90 Å². The van der Waals surface area contributed by atoms with Crippen molar-refractivity contribution in [3.63, 3.8) is 0 Å². The summed E-state index contributed by atoms with van der Waals surface area (Å²) in [5, 5.41) is 12.9. The highest BCUT2D eigenvalue weighted by Gasteiger charge is 2.17. The van der Waals surface area contributed by atoms with Crippen LogP contribution in [-0.2, 0) is 0 Å². The summed E-state index contributed by atoms with van der Waals surface area (Å²) in [7, 11) is 0. The summed E-state index contributed by atoms with van der Waals surface area (Å²) >= 11 is 1.87. The molecular formula is C46H29NS. The first-order valence-corrected chi connectivity index (χ1v) is 17.2. The van der Waals surface area contributed by atoms with E-state index in [1.807, 2.05) is 11.3 Å². The zero-order valence-electron chi connectivity index (χ0n) is 26.1. The van der Waals surface area contributed by atoms with Crippen LogP contribution in [0, 0.1) is 0 Å². The minimum absolute atomic E-state index is 1.13. The van der Waals surface area contributed by atoms with Gasteiger partial charge in [-0.15, -0.1) is 11.3 Å². The summed E-state index contributed by atoms with van der Waals surface area (Å²) in [6, 6.07) is 64.5. The topological polar surface area (TPSA) is 3.24 Å². The maximum Gasteiger partial charge on any atom is 0.0468 e. The van der Waals surface area contributed by atoms with Crippen molar-refractivity contribution >= 4 is 91.7 Å². The molecule has 0 aliphatic carbocycles. The molecule has 0 radical (unpaired) electrons. The largest absolute Gasteiger partial charge is 0.310 e. The first-order chi connectivity index (χ1) is 23.8. The van der Waals surface area contributed by atoms with Crippen molar-refractivity contribution < 1.29 is 0 Å². The van der Waals surface area contributed by atoms with Crippen LogP contribution < -0.4 is 4.90 Å². The Bertz CT molecular complexity index is 2830. The lowest BCUT2D eigenvalue weighted by atomic mass is 9.90. The predicted octanol–water partition coefficient (Wildman–Crippen LogP) is 13.8. The van der Waals surface area contributed by atoms with Gasteiger partial charge in [-0.2, -0.15) is 0 Å². The standard InChI is InChI=1S/C46H29NS/c1-2-11-34(12-3-1)47(36-26-22-32-23-27-44-46(42(32)29-36)40-16-8-9-17-43(40)48-44)35-24-20-31(21-25-35)41-28-33-19-18-30-10-4-5-13-37(30)45(33)39-15-7-6-14-38(39)41/h1-29H. The number of fused-ring (bicyclic) bond motifs is 10. The molecule has 0 saturated heterocycles. The number of nitrogens with zero attached hydrogens (tertiary/aromatic N) is 1. The van der Waals surface area contributed by atoms with Crippen molar-refractivity contribution in [3.05, 3.63) is 176 Å². The third-order valence-corrected chi connectivity index (χ3v) is 10.9. The van der Waals surface area contributed by atoms with Gasteiger partial charge in [0.25, 0.3) is 0 Å². The SMILES string of the molecule is c1ccc(N(c2ccc(-c3cc4ccc5ccccc5c4c4ccccc34)cc2)c2ccc3ccc4sc5ccccc5c4c3c2)cc1. The van der Waals surface area contributed by atoms with Crippen molar-refractivity contribution in [2.45, 2.75) is 0 Å². The first kappa shape index (κ1) is 27.2. The average molecular weight is 628 g/mol. The van der Waals surface area contributed by atoms with E-state index in [0.29, 0.717) is 0 Å². The van der Waals surface area contributed by atoms with Crippen molar-refractivity contribution in [1.29, 1.82) is 0 Å². The summed E-state index contributed by atoms with van der Waals surface area (Å²) in [6.07, 6.45) is 0. The quantitative estimate of drug-likeness (QED) is 0.176. The van der Waals surface area contributed by atoms with Gasteiger partial charge in [0.05, 0.1) is 0 Å². The summed E-state index contributed by atoms with van der Waals surface area (Å²) in [5.41, 5.74) is 5.87. The van der Waals surface area contributed by atoms with Crippen LogP contribution in [0.5, 0.6) is 0 Å². The number of benzene rings is 9. The fourth-order valence-electron chi connectivity index (χ4n) is 7.60. The van der Waals surface area contributed by atoms with Crippen LogP contribution >= 0.6 is 11.3 Å². The maximum atomic E-state index is 2.38. The van der Waals surface area contributed by atoms with E-state index in [4.69, 9.17) is 0 Å². The van der Waals surface area contributed by atoms with E-state index >= 15 is 0 Å². The second-order valence-electron chi connectivity index (χ2n) is 12.5. The van der Waals surface area contributed by atoms with E-state index in [2.05, 4.69) is 181 Å². The summed E-state index contributed by atoms with van der Waals surface area (Å²) in [4.78, 5) is 2.38. The highest BCUT2D eigenvalue weighted by atomic mass is 32.1. The van der Waals surface area contributed by atoms with Gasteiger partial charge in [-0.05, 0) is 109 Å². The Morgan fingerprint density at radius 2 is 0.938 bits per heavy atom. The van der Waals surface area contributed by atoms with Gasteiger partial charge in [0.15, 0.2) is 0 Å². The second kappa shape index (κ2) is 10.8. The van der Waals surface area contributed by atoms with Gasteiger partial charge >= 0.3 is 0 Å². The van der Waals surface area contributed by atoms with Crippen molar-refractivity contribution in [1.82, 2.24) is 0 Å². The average Bonchev–Trinajstić information content (AvgIpc) is 3.54. The Morgan fingerprint density at radius 3 is 1.79 bits per heavy atom. The lowest BCUT2D eigenvalue weighted by molar-refractivity contribution is 1.29. The fraction of sp³-hybridized carbons (Fsp3) is 0. The van der Waals surface area contributed by atoms with E-state index in [0.717, 1.165) is 17.1 Å². The lowest BCUT2D eigenvalue weighted by Crippen LogP contribution is -2.09. The highest BCUT2D eigenvalue weighted by Crippen LogP contribution is 2.43. The zero-order chi connectivity index (χ0) is 31.6. The predicted molar refractivity (Wildman–Crippen MR) is 209 cm³/mol. The molecule has 9 aromatic carbocycles. The van der Waals surface area contributed by atoms with E-state index in [9.17, 15) is 0 Å². The number of hydrogen-bond acceptors (Lipinski definition) is 2. The molecule has 0 amide bonds. The Kier molecular flexibility index (Phi) is 6.12. The maximum absolute atomic E-state index is 2.38. The van der Waals surface area contributed by atoms with Gasteiger partial charge in [0, 0.05) is 37.2 Å². The molecule has 1 aromatic heterocycles. The monoisotopic (exact) mass is 627 g/mol. The number of hydrogen-bond donors (Lipinski definition) is 0. The van der Waals surface area contributed by atoms with Gasteiger partial charge in [0.1, 0.15) is 0 Å². The van der Waals surface area contributed by atoms with Crippen LogP contribution in [0.4, 0.5) is 17.1 Å². The molecule has 0 N–H and O–H groups in total. The third kappa shape index (κ3) is 4.24. The van der Waals surface area contributed by atoms with Crippen LogP contribution in [0.25, 0.3) is 74.4 Å². The van der Waals surface area contributed by atoms with Gasteiger partial charge in [-0.25, -0.2) is 0 Å². The minimum atomic E-state index is 1.13. The molecule has 10 aromatic rings. The van der Waals surface area contributed by atoms with E-state index in [1.54, 1.807) is 0 Å². The molecule has 0 fully saturated rings. The molecule has 1 heterocycles. The van der Waals surface area contributed by atoms with Crippen molar-refractivity contribution in [2.24, 2.45) is 0 Å². The molecule has 48 heavy (non-hydrogen) atoms. The molecule has 2 heteroatoms. The van der Waals surface area contributed by atoms with Gasteiger partial charge in [-0.1, -0.05) is 121 Å². The minimum Gasteiger partial charge on any atom is -0.310 e. The smallest absolute Gasteiger partial charge is 0.0468 e. The normalized spacial score (nSPS) is 11.8. The molecular weight excluding hydrogens is 599 g/mol. The van der Waals surface area contributed by atoms with Crippen LogP contribution in [0.2, 0.25) is 0 Å². The summed E-state index contributed by atoms with van der Waals surface area (Å²) < 4.78 is 2.65. The Labute approximate surface area is 282 Å². The second-order valence-corrected chi connectivity index (χ2v) is 13.6. The molecule has 0 saturated carbocycles. The molecule has 0 aliphatic heterocycles. The number of rotatable bonds is 4. The zero-order valence-corrected chi connectivity index (χ0v) is 26.9. The highest BCUT2D eigenvalue weighted by molar-refractivity contribution is 7.26. The van der Waals surface area contributed by atoms with Crippen LogP contribution in [-0.4, -0.2) is 0 Å². The molecule has 0 bridgehead atoms. The van der Waals surface area contributed by atoms with Crippen LogP contribution in [0.3, 0.4) is 0 Å². The van der Waals surface area contributed by atoms with Gasteiger partial charge in [0.2, 0.25) is 0 Å². The van der Waals surface area contributed by atoms with Crippen LogP contribution in [0.1, 0.15) is 0 Å². The number of anilines is 3. The Hall–Kier alpha value is -5.96. The third-order valence-electron chi connectivity index (χ3n) is 9.80. The van der Waals surface area contributed by atoms with E-state index < -0.39 is 0 Å². The van der Waals surface area contributed by atoms with E-state index in [-0.39, 0.29) is 0 Å². The number of para-hydroxylation sites is 1. The molecule has 0 atom stereocenters. The molecule has 0 spiro atoms. The summed E-state index contributed by atoms with van der Waals surface area (Å²) in [6.45, 7) is 0. The van der Waals surface area contributed by atoms with Gasteiger partial charge < -0.3 is 4.90 Å². The Balaban J connectivity index is 1.14. The van der Waals surface area contributed by atoms with Gasteiger partial charge in [-0.3, -0.25) is 0 Å². The molecule has 0 aliphatic rings.